The fourth-order valence-corrected chi connectivity index (χ4v) is 7.97. The molecule has 0 aliphatic carbocycles. The lowest BCUT2D eigenvalue weighted by Gasteiger charge is -2.38. The second kappa shape index (κ2) is 12.3. The molecule has 2 aromatic carbocycles. The van der Waals surface area contributed by atoms with Gasteiger partial charge in [-0.25, -0.2) is 17.2 Å². The number of fused-ring (bicyclic) bond motifs is 1. The Labute approximate surface area is 270 Å². The minimum atomic E-state index is -4.25. The van der Waals surface area contributed by atoms with E-state index in [9.17, 15) is 23.1 Å². The van der Waals surface area contributed by atoms with Crippen LogP contribution >= 0.6 is 11.6 Å². The molecule has 8 nitrogen and oxygen atoms in total. The van der Waals surface area contributed by atoms with E-state index in [4.69, 9.17) is 11.6 Å². The minimum absolute atomic E-state index is 0.0424. The molecule has 1 fully saturated rings. The van der Waals surface area contributed by atoms with Gasteiger partial charge < -0.3 is 10.0 Å². The molecule has 0 radical (unpaired) electrons. The minimum Gasteiger partial charge on any atom is -0.507 e. The molecule has 1 aliphatic rings. The average molecular weight is 670 g/mol. The standard InChI is InChI=1S/C34H34ClF2N3O5S/c1-7-25(42)39-14-12-20(15-19(39)5)26-21-16-22(35)27(28-23(36)9-8-10-24(28)41)29(37)32(21)40(34(43)33(26)46(6,44)45)31-18(4)11-13-38-30(31)17(2)3/h7-11,13,16-17,19-20,41H,1,12,14-15H2,2-6H3/t19-,20?/m1/s1. The Morgan fingerprint density at radius 2 is 1.91 bits per heavy atom. The average Bonchev–Trinajstić information content (AvgIpc) is 2.97. The van der Waals surface area contributed by atoms with Crippen LogP contribution in [0, 0.1) is 18.6 Å². The number of hydrogen-bond donors (Lipinski definition) is 1. The lowest BCUT2D eigenvalue weighted by atomic mass is 9.83. The molecule has 3 heterocycles. The summed E-state index contributed by atoms with van der Waals surface area (Å²) in [4.78, 5) is 32.7. The molecule has 2 aromatic heterocycles. The molecule has 0 bridgehead atoms. The van der Waals surface area contributed by atoms with Crippen LogP contribution in [0.1, 0.15) is 62.3 Å². The van der Waals surface area contributed by atoms with Gasteiger partial charge in [-0.2, -0.15) is 0 Å². The molecule has 12 heteroatoms. The van der Waals surface area contributed by atoms with E-state index in [1.165, 1.54) is 24.3 Å². The number of hydrogen-bond acceptors (Lipinski definition) is 6. The molecule has 1 N–H and O–H groups in total. The van der Waals surface area contributed by atoms with Crippen molar-refractivity contribution in [1.82, 2.24) is 14.5 Å². The van der Waals surface area contributed by atoms with Crippen LogP contribution in [0.4, 0.5) is 8.78 Å². The number of carbonyl (C=O) groups is 1. The van der Waals surface area contributed by atoms with Gasteiger partial charge in [-0.15, -0.1) is 0 Å². The summed E-state index contributed by atoms with van der Waals surface area (Å²) in [5, 5.41) is 10.4. The van der Waals surface area contributed by atoms with Crippen molar-refractivity contribution < 1.29 is 27.1 Å². The number of piperidine rings is 1. The second-order valence-corrected chi connectivity index (χ2v) is 14.4. The Morgan fingerprint density at radius 3 is 2.50 bits per heavy atom. The van der Waals surface area contributed by atoms with Gasteiger partial charge in [0.05, 0.1) is 27.5 Å². The second-order valence-electron chi connectivity index (χ2n) is 12.1. The number of carbonyl (C=O) groups excluding carboxylic acids is 1. The fourth-order valence-electron chi connectivity index (χ4n) is 6.60. The van der Waals surface area contributed by atoms with Crippen molar-refractivity contribution in [2.45, 2.75) is 63.3 Å². The predicted molar refractivity (Wildman–Crippen MR) is 175 cm³/mol. The summed E-state index contributed by atoms with van der Waals surface area (Å²) in [6, 6.07) is 6.07. The van der Waals surface area contributed by atoms with Crippen LogP contribution in [0.3, 0.4) is 0 Å². The molecular formula is C34H34ClF2N3O5S. The first-order valence-corrected chi connectivity index (χ1v) is 17.0. The zero-order valence-electron chi connectivity index (χ0n) is 26.1. The van der Waals surface area contributed by atoms with Crippen LogP contribution in [0.2, 0.25) is 5.02 Å². The van der Waals surface area contributed by atoms with Gasteiger partial charge in [-0.1, -0.05) is 38.1 Å². The summed E-state index contributed by atoms with van der Waals surface area (Å²) in [7, 11) is -4.25. The molecular weight excluding hydrogens is 636 g/mol. The number of likely N-dealkylation sites (tertiary alicyclic amines) is 1. The number of nitrogens with zero attached hydrogens (tertiary/aromatic N) is 3. The highest BCUT2D eigenvalue weighted by molar-refractivity contribution is 7.90. The Balaban J connectivity index is 2.02. The normalized spacial score (nSPS) is 17.1. The zero-order chi connectivity index (χ0) is 33.8. The quantitative estimate of drug-likeness (QED) is 0.226. The summed E-state index contributed by atoms with van der Waals surface area (Å²) in [6.45, 7) is 11.0. The maximum atomic E-state index is 17.3. The van der Waals surface area contributed by atoms with Crippen molar-refractivity contribution in [1.29, 1.82) is 0 Å². The van der Waals surface area contributed by atoms with Gasteiger partial charge in [0.1, 0.15) is 16.5 Å². The maximum Gasteiger partial charge on any atom is 0.274 e. The van der Waals surface area contributed by atoms with Crippen LogP contribution in [0.5, 0.6) is 5.75 Å². The van der Waals surface area contributed by atoms with Crippen molar-refractivity contribution in [3.63, 3.8) is 0 Å². The number of rotatable bonds is 6. The highest BCUT2D eigenvalue weighted by atomic mass is 35.5. The molecule has 242 valence electrons. The Hall–Kier alpha value is -4.09. The molecule has 5 rings (SSSR count). The topological polar surface area (TPSA) is 110 Å². The molecule has 0 spiro atoms. The number of halogens is 3. The van der Waals surface area contributed by atoms with Gasteiger partial charge in [-0.3, -0.25) is 19.1 Å². The number of amides is 1. The maximum absolute atomic E-state index is 17.3. The van der Waals surface area contributed by atoms with Crippen LogP contribution < -0.4 is 5.56 Å². The highest BCUT2D eigenvalue weighted by Crippen LogP contribution is 2.46. The van der Waals surface area contributed by atoms with Crippen LogP contribution in [-0.4, -0.2) is 52.7 Å². The predicted octanol–water partition coefficient (Wildman–Crippen LogP) is 6.81. The van der Waals surface area contributed by atoms with E-state index in [1.807, 2.05) is 13.8 Å². The van der Waals surface area contributed by atoms with Crippen LogP contribution in [0.15, 0.2) is 58.9 Å². The monoisotopic (exact) mass is 669 g/mol. The van der Waals surface area contributed by atoms with Gasteiger partial charge in [-0.05, 0) is 80.0 Å². The first-order chi connectivity index (χ1) is 21.6. The van der Waals surface area contributed by atoms with E-state index in [-0.39, 0.29) is 64.4 Å². The Bertz CT molecular complexity index is 2080. The number of phenols is 1. The summed E-state index contributed by atoms with van der Waals surface area (Å²) in [5.74, 6) is -3.79. The molecule has 1 amide bonds. The number of aromatic nitrogens is 2. The van der Waals surface area contributed by atoms with E-state index in [0.717, 1.165) is 16.9 Å². The fraction of sp³-hybridized carbons (Fsp3) is 0.324. The van der Waals surface area contributed by atoms with Crippen molar-refractivity contribution in [2.75, 3.05) is 12.8 Å². The lowest BCUT2D eigenvalue weighted by molar-refractivity contribution is -0.129. The van der Waals surface area contributed by atoms with Gasteiger partial charge in [0, 0.05) is 36.0 Å². The van der Waals surface area contributed by atoms with Crippen LogP contribution in [0.25, 0.3) is 27.7 Å². The van der Waals surface area contributed by atoms with Gasteiger partial charge >= 0.3 is 0 Å². The number of benzene rings is 2. The summed E-state index contributed by atoms with van der Waals surface area (Å²) in [6.07, 6.45) is 4.20. The molecule has 1 aliphatic heterocycles. The van der Waals surface area contributed by atoms with E-state index < -0.39 is 54.7 Å². The number of sulfone groups is 1. The summed E-state index contributed by atoms with van der Waals surface area (Å²) >= 11 is 6.70. The molecule has 4 aromatic rings. The third-order valence-corrected chi connectivity index (χ3v) is 10.1. The van der Waals surface area contributed by atoms with E-state index in [2.05, 4.69) is 11.6 Å². The van der Waals surface area contributed by atoms with Crippen molar-refractivity contribution in [3.8, 4) is 22.6 Å². The Kier molecular flexibility index (Phi) is 8.87. The van der Waals surface area contributed by atoms with Crippen molar-refractivity contribution >= 4 is 38.2 Å². The zero-order valence-corrected chi connectivity index (χ0v) is 27.6. The number of aryl methyl sites for hydroxylation is 1. The van der Waals surface area contributed by atoms with E-state index in [0.29, 0.717) is 11.3 Å². The molecule has 2 atom stereocenters. The number of aromatic hydroxyl groups is 1. The first-order valence-electron chi connectivity index (χ1n) is 14.8. The third kappa shape index (κ3) is 5.49. The van der Waals surface area contributed by atoms with Gasteiger partial charge in [0.15, 0.2) is 15.7 Å². The van der Waals surface area contributed by atoms with E-state index >= 15 is 8.78 Å². The summed E-state index contributed by atoms with van der Waals surface area (Å²) < 4.78 is 60.7. The van der Waals surface area contributed by atoms with Crippen LogP contribution in [-0.2, 0) is 14.6 Å². The lowest BCUT2D eigenvalue weighted by Crippen LogP contribution is -2.44. The van der Waals surface area contributed by atoms with Crippen molar-refractivity contribution in [2.24, 2.45) is 0 Å². The first kappa shape index (κ1) is 33.3. The SMILES string of the molecule is C=CC(=O)N1CCC(c2c(S(C)(=O)=O)c(=O)n(-c3c(C)ccnc3C(C)C)c3c(F)c(-c4c(O)cccc4F)c(Cl)cc23)C[C@H]1C. The van der Waals surface area contributed by atoms with E-state index in [1.54, 1.807) is 31.0 Å². The molecule has 46 heavy (non-hydrogen) atoms. The largest absolute Gasteiger partial charge is 0.507 e. The number of pyridine rings is 2. The number of phenolic OH excluding ortho intramolecular Hbond substituents is 1. The molecule has 1 unspecified atom stereocenters. The highest BCUT2D eigenvalue weighted by Gasteiger charge is 2.37. The Morgan fingerprint density at radius 1 is 1.22 bits per heavy atom. The molecule has 0 saturated carbocycles. The molecule has 1 saturated heterocycles. The third-order valence-electron chi connectivity index (χ3n) is 8.63. The van der Waals surface area contributed by atoms with Gasteiger partial charge in [0.2, 0.25) is 5.91 Å². The van der Waals surface area contributed by atoms with Crippen molar-refractivity contribution in [3.05, 3.63) is 93.0 Å². The smallest absolute Gasteiger partial charge is 0.274 e. The summed E-state index contributed by atoms with van der Waals surface area (Å²) in [5.41, 5.74) is -1.12. The van der Waals surface area contributed by atoms with Gasteiger partial charge in [0.25, 0.3) is 5.56 Å².